The molecule has 0 aliphatic rings. The highest BCUT2D eigenvalue weighted by Crippen LogP contribution is 2.29. The van der Waals surface area contributed by atoms with Crippen LogP contribution in [0.25, 0.3) is 21.7 Å². The van der Waals surface area contributed by atoms with Crippen LogP contribution in [0, 0.1) is 0 Å². The fourth-order valence-corrected chi connectivity index (χ4v) is 4.49. The maximum atomic E-state index is 12.6. The number of ether oxygens (including phenoxy) is 2. The number of nitrogens with zero attached hydrogens (tertiary/aromatic N) is 2. The summed E-state index contributed by atoms with van der Waals surface area (Å²) in [6.45, 7) is 2.39. The molecule has 222 valence electrons. The van der Waals surface area contributed by atoms with Gasteiger partial charge >= 0.3 is 6.36 Å². The second kappa shape index (κ2) is 13.9. The number of aromatic nitrogens is 2. The predicted octanol–water partition coefficient (Wildman–Crippen LogP) is 3.81. The van der Waals surface area contributed by atoms with Crippen LogP contribution < -0.4 is 26.8 Å². The molecule has 0 radical (unpaired) electrons. The van der Waals surface area contributed by atoms with Crippen molar-refractivity contribution in [2.45, 2.75) is 32.2 Å². The van der Waals surface area contributed by atoms with E-state index in [0.29, 0.717) is 60.9 Å². The summed E-state index contributed by atoms with van der Waals surface area (Å²) in [6.07, 6.45) is -0.0154. The van der Waals surface area contributed by atoms with Gasteiger partial charge < -0.3 is 31.6 Å². The second-order valence-electron chi connectivity index (χ2n) is 9.58. The molecule has 10 nitrogen and oxygen atoms in total. The van der Waals surface area contributed by atoms with Gasteiger partial charge in [-0.25, -0.2) is 4.98 Å². The summed E-state index contributed by atoms with van der Waals surface area (Å²) in [5.41, 5.74) is 12.5. The highest BCUT2D eigenvalue weighted by molar-refractivity contribution is 6.11. The van der Waals surface area contributed by atoms with Crippen LogP contribution in [0.3, 0.4) is 0 Å². The number of amides is 2. The maximum Gasteiger partial charge on any atom is 0.573 e. The molecule has 0 unspecified atom stereocenters. The lowest BCUT2D eigenvalue weighted by molar-refractivity contribution is -0.274. The fraction of sp³-hybridized carbons (Fsp3) is 0.310. The number of carbonyl (C=O) groups is 2. The minimum Gasteiger partial charge on any atom is -0.406 e. The molecule has 13 heteroatoms. The van der Waals surface area contributed by atoms with Crippen molar-refractivity contribution >= 4 is 39.3 Å². The molecule has 0 fully saturated rings. The molecule has 4 aromatic rings. The number of hydrogen-bond donors (Lipinski definition) is 4. The molecule has 2 aromatic heterocycles. The highest BCUT2D eigenvalue weighted by Gasteiger charge is 2.31. The smallest absolute Gasteiger partial charge is 0.406 e. The summed E-state index contributed by atoms with van der Waals surface area (Å²) in [7, 11) is 0. The van der Waals surface area contributed by atoms with Crippen LogP contribution in [0.5, 0.6) is 5.75 Å². The van der Waals surface area contributed by atoms with E-state index in [2.05, 4.69) is 25.3 Å². The molecule has 0 spiro atoms. The molecular formula is C29H31F3N6O4. The first kappa shape index (κ1) is 30.5. The van der Waals surface area contributed by atoms with Crippen molar-refractivity contribution in [3.8, 4) is 5.75 Å². The monoisotopic (exact) mass is 584 g/mol. The molecule has 2 aromatic carbocycles. The van der Waals surface area contributed by atoms with Crippen molar-refractivity contribution in [2.24, 2.45) is 11.5 Å². The van der Waals surface area contributed by atoms with Crippen LogP contribution in [-0.2, 0) is 22.5 Å². The van der Waals surface area contributed by atoms with Gasteiger partial charge in [0.05, 0.1) is 18.5 Å². The minimum absolute atomic E-state index is 0.186. The van der Waals surface area contributed by atoms with E-state index in [1.54, 1.807) is 30.6 Å². The Hall–Kier alpha value is -4.49. The normalized spacial score (nSPS) is 11.6. The zero-order valence-electron chi connectivity index (χ0n) is 22.7. The number of hydrogen-bond acceptors (Lipinski definition) is 8. The molecule has 0 aliphatic heterocycles. The number of carbonyl (C=O) groups excluding carboxylic acids is 2. The summed E-state index contributed by atoms with van der Waals surface area (Å²) in [5.74, 6) is -0.912. The van der Waals surface area contributed by atoms with E-state index >= 15 is 0 Å². The first-order valence-corrected chi connectivity index (χ1v) is 13.3. The lowest BCUT2D eigenvalue weighted by Gasteiger charge is -2.13. The Balaban J connectivity index is 1.20. The second-order valence-corrected chi connectivity index (χ2v) is 9.58. The van der Waals surface area contributed by atoms with E-state index in [1.807, 2.05) is 12.1 Å². The summed E-state index contributed by atoms with van der Waals surface area (Å²) in [5, 5.41) is 9.13. The Kier molecular flexibility index (Phi) is 10.1. The molecule has 2 amide bonds. The van der Waals surface area contributed by atoms with E-state index < -0.39 is 18.2 Å². The van der Waals surface area contributed by atoms with E-state index in [9.17, 15) is 22.8 Å². The maximum absolute atomic E-state index is 12.6. The summed E-state index contributed by atoms with van der Waals surface area (Å²) in [6, 6.07) is 11.1. The Bertz CT molecular complexity index is 1560. The molecule has 42 heavy (non-hydrogen) atoms. The van der Waals surface area contributed by atoms with Crippen molar-refractivity contribution in [1.82, 2.24) is 15.3 Å². The third kappa shape index (κ3) is 8.75. The van der Waals surface area contributed by atoms with Gasteiger partial charge in [0.1, 0.15) is 11.6 Å². The number of nitrogens with one attached hydrogen (secondary N) is 2. The van der Waals surface area contributed by atoms with Gasteiger partial charge in [-0.2, -0.15) is 0 Å². The van der Waals surface area contributed by atoms with Gasteiger partial charge in [-0.1, -0.05) is 12.1 Å². The van der Waals surface area contributed by atoms with Crippen LogP contribution in [0.15, 0.2) is 54.9 Å². The molecule has 0 atom stereocenters. The Morgan fingerprint density at radius 2 is 1.71 bits per heavy atom. The largest absolute Gasteiger partial charge is 0.573 e. The first-order valence-electron chi connectivity index (χ1n) is 13.3. The van der Waals surface area contributed by atoms with Gasteiger partial charge in [0.25, 0.3) is 0 Å². The molecule has 4 rings (SSSR count). The zero-order chi connectivity index (χ0) is 30.1. The molecule has 2 heterocycles. The van der Waals surface area contributed by atoms with Crippen molar-refractivity contribution in [2.75, 3.05) is 31.6 Å². The highest BCUT2D eigenvalue weighted by atomic mass is 19.4. The third-order valence-electron chi connectivity index (χ3n) is 6.28. The minimum atomic E-state index is -4.83. The number of primary amides is 2. The van der Waals surface area contributed by atoms with Crippen LogP contribution in [-0.4, -0.2) is 54.4 Å². The Labute approximate surface area is 239 Å². The van der Waals surface area contributed by atoms with E-state index in [4.69, 9.17) is 16.2 Å². The van der Waals surface area contributed by atoms with Crippen LogP contribution in [0.1, 0.15) is 34.3 Å². The number of nitrogens with two attached hydrogens (primary N) is 2. The number of fused-ring (bicyclic) bond motifs is 3. The average Bonchev–Trinajstić information content (AvgIpc) is 2.92. The predicted molar refractivity (Wildman–Crippen MR) is 152 cm³/mol. The topological polar surface area (TPSA) is 154 Å². The van der Waals surface area contributed by atoms with Crippen molar-refractivity contribution < 1.29 is 32.2 Å². The summed E-state index contributed by atoms with van der Waals surface area (Å²) >= 11 is 0. The van der Waals surface area contributed by atoms with Gasteiger partial charge in [-0.15, -0.1) is 13.2 Å². The zero-order valence-corrected chi connectivity index (χ0v) is 22.7. The van der Waals surface area contributed by atoms with Crippen LogP contribution in [0.4, 0.5) is 19.0 Å². The molecule has 0 saturated heterocycles. The number of benzene rings is 2. The first-order chi connectivity index (χ1) is 20.1. The number of halogens is 3. The van der Waals surface area contributed by atoms with E-state index in [1.165, 1.54) is 6.07 Å². The fourth-order valence-electron chi connectivity index (χ4n) is 4.49. The van der Waals surface area contributed by atoms with Crippen LogP contribution in [0.2, 0.25) is 0 Å². The molecule has 0 bridgehead atoms. The lowest BCUT2D eigenvalue weighted by atomic mass is 10.1. The molecule has 0 aliphatic carbocycles. The van der Waals surface area contributed by atoms with Gasteiger partial charge in [0.2, 0.25) is 11.8 Å². The summed E-state index contributed by atoms with van der Waals surface area (Å²) < 4.78 is 47.7. The number of rotatable bonds is 15. The lowest BCUT2D eigenvalue weighted by Crippen LogP contribution is -2.19. The quantitative estimate of drug-likeness (QED) is 0.122. The molecule has 6 N–H and O–H groups in total. The van der Waals surface area contributed by atoms with Crippen LogP contribution >= 0.6 is 0 Å². The van der Waals surface area contributed by atoms with E-state index in [0.717, 1.165) is 35.1 Å². The number of anilines is 1. The number of alkyl halides is 3. The van der Waals surface area contributed by atoms with Crippen molar-refractivity contribution in [3.63, 3.8) is 0 Å². The molecule has 0 saturated carbocycles. The molecular weight excluding hydrogens is 553 g/mol. The van der Waals surface area contributed by atoms with Gasteiger partial charge in [0, 0.05) is 53.8 Å². The van der Waals surface area contributed by atoms with Gasteiger partial charge in [-0.05, 0) is 60.8 Å². The van der Waals surface area contributed by atoms with E-state index in [-0.39, 0.29) is 12.2 Å². The summed E-state index contributed by atoms with van der Waals surface area (Å²) in [4.78, 5) is 31.7. The van der Waals surface area contributed by atoms with Crippen molar-refractivity contribution in [3.05, 3.63) is 71.5 Å². The SMILES string of the molecule is NC(=O)Cc1cc(CNCCCCOCCNc2nc3cc(C(N)=O)ccc3c3cnccc23)cc(OC(F)(F)F)c1. The average molecular weight is 585 g/mol. The Morgan fingerprint density at radius 3 is 2.48 bits per heavy atom. The standard InChI is InChI=1S/C29H31F3N6O4/c30-29(31,32)42-21-12-18(14-26(33)39)11-19(13-21)16-35-6-1-2-9-41-10-8-37-28-23-5-7-36-17-24(23)22-4-3-20(27(34)40)15-25(22)38-28/h3-5,7,11-13,15,17,35H,1-2,6,8-10,14,16H2,(H2,33,39)(H2,34,40)(H,37,38). The number of pyridine rings is 2. The van der Waals surface area contributed by atoms with Gasteiger partial charge in [0.15, 0.2) is 0 Å². The third-order valence-corrected chi connectivity index (χ3v) is 6.28. The number of unbranched alkanes of at least 4 members (excludes halogenated alkanes) is 1. The Morgan fingerprint density at radius 1 is 0.905 bits per heavy atom. The van der Waals surface area contributed by atoms with Crippen molar-refractivity contribution in [1.29, 1.82) is 0 Å². The van der Waals surface area contributed by atoms with Gasteiger partial charge in [-0.3, -0.25) is 14.6 Å².